The van der Waals surface area contributed by atoms with E-state index in [1.54, 1.807) is 11.8 Å². The van der Waals surface area contributed by atoms with Crippen molar-refractivity contribution in [2.45, 2.75) is 5.33 Å². The fraction of sp³-hybridized carbons (Fsp3) is 0.286. The van der Waals surface area contributed by atoms with Gasteiger partial charge in [0.1, 0.15) is 0 Å². The number of halogens is 1. The quantitative estimate of drug-likeness (QED) is 0.543. The van der Waals surface area contributed by atoms with Gasteiger partial charge in [-0.15, -0.1) is 0 Å². The predicted molar refractivity (Wildman–Crippen MR) is 81.2 cm³/mol. The molecule has 0 aliphatic rings. The van der Waals surface area contributed by atoms with Crippen molar-refractivity contribution in [1.29, 1.82) is 0 Å². The Hall–Kier alpha value is -1.66. The molecule has 0 unspecified atom stereocenters. The van der Waals surface area contributed by atoms with Crippen LogP contribution in [0.2, 0.25) is 0 Å². The van der Waals surface area contributed by atoms with E-state index in [-0.39, 0.29) is 6.79 Å². The first-order valence-electron chi connectivity index (χ1n) is 6.18. The van der Waals surface area contributed by atoms with Crippen LogP contribution in [-0.2, 0) is 17.1 Å². The van der Waals surface area contributed by atoms with Crippen molar-refractivity contribution in [2.75, 3.05) is 13.9 Å². The summed E-state index contributed by atoms with van der Waals surface area (Å²) in [4.78, 5) is 4.59. The number of pyridine rings is 1. The zero-order valence-corrected chi connectivity index (χ0v) is 12.8. The molecule has 104 valence electrons. The van der Waals surface area contributed by atoms with E-state index in [4.69, 9.17) is 9.47 Å². The molecule has 20 heavy (non-hydrogen) atoms. The van der Waals surface area contributed by atoms with Crippen LogP contribution in [0.4, 0.5) is 0 Å². The molecule has 0 radical (unpaired) electrons. The van der Waals surface area contributed by atoms with Gasteiger partial charge in [-0.25, -0.2) is 0 Å². The number of alkyl halides is 1. The molecule has 0 N–H and O–H groups in total. The Labute approximate surface area is 124 Å². The average Bonchev–Trinajstić information content (AvgIpc) is 2.81. The van der Waals surface area contributed by atoms with Crippen LogP contribution in [0.25, 0.3) is 21.8 Å². The van der Waals surface area contributed by atoms with E-state index in [2.05, 4.69) is 32.1 Å². The van der Waals surface area contributed by atoms with E-state index in [0.717, 1.165) is 27.5 Å². The second-order valence-corrected chi connectivity index (χ2v) is 4.98. The molecule has 0 aliphatic heterocycles. The standard InChI is InChI=1S/C14H14BrN3O2/c1-18-13-12(11(7-15)17-18)9-5-3-4-6-10(9)14(16-13)20-8-19-2/h3-6H,7-8H2,1-2H3. The lowest BCUT2D eigenvalue weighted by Crippen LogP contribution is -2.02. The van der Waals surface area contributed by atoms with Crippen molar-refractivity contribution in [3.8, 4) is 5.88 Å². The van der Waals surface area contributed by atoms with Crippen molar-refractivity contribution < 1.29 is 9.47 Å². The molecule has 0 saturated carbocycles. The van der Waals surface area contributed by atoms with Crippen LogP contribution in [0, 0.1) is 0 Å². The lowest BCUT2D eigenvalue weighted by atomic mass is 10.1. The van der Waals surface area contributed by atoms with E-state index >= 15 is 0 Å². The summed E-state index contributed by atoms with van der Waals surface area (Å²) in [5.41, 5.74) is 1.79. The average molecular weight is 336 g/mol. The Morgan fingerprint density at radius 1 is 1.25 bits per heavy atom. The maximum absolute atomic E-state index is 5.59. The molecule has 0 bridgehead atoms. The number of methoxy groups -OCH3 is 1. The van der Waals surface area contributed by atoms with Gasteiger partial charge in [0.15, 0.2) is 12.4 Å². The Morgan fingerprint density at radius 3 is 2.70 bits per heavy atom. The lowest BCUT2D eigenvalue weighted by molar-refractivity contribution is 0.0492. The maximum atomic E-state index is 5.59. The number of hydrogen-bond acceptors (Lipinski definition) is 4. The fourth-order valence-corrected chi connectivity index (χ4v) is 2.73. The first-order valence-corrected chi connectivity index (χ1v) is 7.30. The number of rotatable bonds is 4. The largest absolute Gasteiger partial charge is 0.450 e. The molecule has 0 fully saturated rings. The van der Waals surface area contributed by atoms with E-state index in [0.29, 0.717) is 11.2 Å². The van der Waals surface area contributed by atoms with Gasteiger partial charge in [-0.1, -0.05) is 34.1 Å². The zero-order valence-electron chi connectivity index (χ0n) is 11.3. The van der Waals surface area contributed by atoms with Crippen LogP contribution in [0.1, 0.15) is 5.69 Å². The van der Waals surface area contributed by atoms with E-state index in [1.165, 1.54) is 0 Å². The second kappa shape index (κ2) is 5.38. The third kappa shape index (κ3) is 2.05. The molecular formula is C14H14BrN3O2. The monoisotopic (exact) mass is 335 g/mol. The van der Waals surface area contributed by atoms with Gasteiger partial charge >= 0.3 is 0 Å². The van der Waals surface area contributed by atoms with Gasteiger partial charge < -0.3 is 9.47 Å². The Morgan fingerprint density at radius 2 is 2.00 bits per heavy atom. The Kier molecular flexibility index (Phi) is 3.58. The first kappa shape index (κ1) is 13.3. The summed E-state index contributed by atoms with van der Waals surface area (Å²) in [6.45, 7) is 0.172. The van der Waals surface area contributed by atoms with Gasteiger partial charge in [-0.05, 0) is 6.07 Å². The van der Waals surface area contributed by atoms with Gasteiger partial charge in [-0.2, -0.15) is 10.1 Å². The normalized spacial score (nSPS) is 11.3. The highest BCUT2D eigenvalue weighted by atomic mass is 79.9. The number of aromatic nitrogens is 3. The minimum Gasteiger partial charge on any atom is -0.450 e. The van der Waals surface area contributed by atoms with E-state index < -0.39 is 0 Å². The minimum atomic E-state index is 0.172. The smallest absolute Gasteiger partial charge is 0.225 e. The van der Waals surface area contributed by atoms with Gasteiger partial charge in [0.2, 0.25) is 5.88 Å². The van der Waals surface area contributed by atoms with Gasteiger partial charge in [0, 0.05) is 30.3 Å². The number of nitrogens with zero attached hydrogens (tertiary/aromatic N) is 3. The SMILES string of the molecule is COCOc1nc2c(c(CBr)nn2C)c2ccccc12. The van der Waals surface area contributed by atoms with Crippen molar-refractivity contribution in [3.05, 3.63) is 30.0 Å². The van der Waals surface area contributed by atoms with Crippen LogP contribution in [-0.4, -0.2) is 28.7 Å². The summed E-state index contributed by atoms with van der Waals surface area (Å²) in [5, 5.41) is 8.30. The van der Waals surface area contributed by atoms with Crippen LogP contribution in [0.3, 0.4) is 0 Å². The summed E-state index contributed by atoms with van der Waals surface area (Å²) >= 11 is 3.48. The van der Waals surface area contributed by atoms with Crippen molar-refractivity contribution in [1.82, 2.24) is 14.8 Å². The lowest BCUT2D eigenvalue weighted by Gasteiger charge is -2.08. The van der Waals surface area contributed by atoms with Crippen LogP contribution in [0.15, 0.2) is 24.3 Å². The van der Waals surface area contributed by atoms with Gasteiger partial charge in [0.05, 0.1) is 11.1 Å². The molecule has 2 aromatic heterocycles. The molecule has 1 aromatic carbocycles. The van der Waals surface area contributed by atoms with Crippen molar-refractivity contribution in [3.63, 3.8) is 0 Å². The molecule has 2 heterocycles. The highest BCUT2D eigenvalue weighted by Crippen LogP contribution is 2.33. The third-order valence-corrected chi connectivity index (χ3v) is 3.69. The minimum absolute atomic E-state index is 0.172. The molecule has 3 aromatic rings. The molecule has 0 amide bonds. The Bertz CT molecular complexity index is 770. The van der Waals surface area contributed by atoms with E-state index in [1.807, 2.05) is 25.2 Å². The highest BCUT2D eigenvalue weighted by molar-refractivity contribution is 9.08. The number of aryl methyl sites for hydroxylation is 1. The number of benzene rings is 1. The second-order valence-electron chi connectivity index (χ2n) is 4.42. The van der Waals surface area contributed by atoms with Gasteiger partial charge in [0.25, 0.3) is 0 Å². The zero-order chi connectivity index (χ0) is 14.1. The predicted octanol–water partition coefficient (Wildman–Crippen LogP) is 3.00. The van der Waals surface area contributed by atoms with Gasteiger partial charge in [-0.3, -0.25) is 4.68 Å². The Balaban J connectivity index is 2.37. The van der Waals surface area contributed by atoms with Crippen LogP contribution >= 0.6 is 15.9 Å². The number of fused-ring (bicyclic) bond motifs is 3. The molecule has 0 saturated heterocycles. The third-order valence-electron chi connectivity index (χ3n) is 3.16. The molecule has 0 aliphatic carbocycles. The number of hydrogen-bond donors (Lipinski definition) is 0. The molecule has 6 heteroatoms. The van der Waals surface area contributed by atoms with Crippen molar-refractivity contribution >= 4 is 37.7 Å². The molecule has 0 atom stereocenters. The van der Waals surface area contributed by atoms with Crippen LogP contribution < -0.4 is 4.74 Å². The molecule has 0 spiro atoms. The summed E-state index contributed by atoms with van der Waals surface area (Å²) in [6.07, 6.45) is 0. The highest BCUT2D eigenvalue weighted by Gasteiger charge is 2.16. The summed E-state index contributed by atoms with van der Waals surface area (Å²) in [7, 11) is 3.48. The molecular weight excluding hydrogens is 322 g/mol. The summed E-state index contributed by atoms with van der Waals surface area (Å²) in [5.74, 6) is 0.569. The summed E-state index contributed by atoms with van der Waals surface area (Å²) < 4.78 is 12.3. The first-order chi connectivity index (χ1) is 9.76. The molecule has 5 nitrogen and oxygen atoms in total. The summed E-state index contributed by atoms with van der Waals surface area (Å²) in [6, 6.07) is 8.04. The van der Waals surface area contributed by atoms with E-state index in [9.17, 15) is 0 Å². The van der Waals surface area contributed by atoms with Crippen LogP contribution in [0.5, 0.6) is 5.88 Å². The topological polar surface area (TPSA) is 49.2 Å². The fourth-order valence-electron chi connectivity index (χ4n) is 2.34. The molecule has 3 rings (SSSR count). The van der Waals surface area contributed by atoms with Crippen molar-refractivity contribution in [2.24, 2.45) is 7.05 Å². The number of ether oxygens (including phenoxy) is 2. The maximum Gasteiger partial charge on any atom is 0.225 e.